The molecule has 28 heavy (non-hydrogen) atoms. The summed E-state index contributed by atoms with van der Waals surface area (Å²) in [6.45, 7) is 2.12. The second-order valence-corrected chi connectivity index (χ2v) is 7.70. The summed E-state index contributed by atoms with van der Waals surface area (Å²) in [5.74, 6) is 0.249. The van der Waals surface area contributed by atoms with Crippen LogP contribution in [0.15, 0.2) is 66.3 Å². The smallest absolute Gasteiger partial charge is 0.202 e. The standard InChI is InChI=1S/C26H25NO/c1-18-10-12-23(16-21(18)13-11-19-6-3-2-4-7-19)22-9-5-8-20-14-15-25(27)26(28)24(20)17-22/h2-4,6-7,9-13,16-17,20,27H,5,8,14-15H2,1H3/b13-11+,27-25?. The van der Waals surface area contributed by atoms with Gasteiger partial charge in [-0.3, -0.25) is 4.79 Å². The van der Waals surface area contributed by atoms with Crippen LogP contribution in [0.25, 0.3) is 17.7 Å². The number of benzene rings is 2. The average molecular weight is 367 g/mol. The van der Waals surface area contributed by atoms with Crippen LogP contribution in [0, 0.1) is 18.3 Å². The van der Waals surface area contributed by atoms with Gasteiger partial charge in [0.1, 0.15) is 0 Å². The largest absolute Gasteiger partial charge is 0.301 e. The maximum absolute atomic E-state index is 12.5. The third-order valence-electron chi connectivity index (χ3n) is 5.78. The molecule has 0 aromatic heterocycles. The van der Waals surface area contributed by atoms with Crippen LogP contribution in [0.4, 0.5) is 0 Å². The van der Waals surface area contributed by atoms with E-state index in [1.54, 1.807) is 0 Å². The van der Waals surface area contributed by atoms with Crippen LogP contribution >= 0.6 is 0 Å². The molecule has 0 aliphatic heterocycles. The average Bonchev–Trinajstić information content (AvgIpc) is 2.94. The predicted octanol–water partition coefficient (Wildman–Crippen LogP) is 6.27. The van der Waals surface area contributed by atoms with Crippen LogP contribution in [-0.4, -0.2) is 11.5 Å². The molecule has 4 rings (SSSR count). The Balaban J connectivity index is 1.67. The molecule has 1 unspecified atom stereocenters. The molecular weight excluding hydrogens is 342 g/mol. The normalized spacial score (nSPS) is 19.8. The monoisotopic (exact) mass is 367 g/mol. The first-order valence-electron chi connectivity index (χ1n) is 10.00. The molecule has 2 aromatic rings. The number of ketones is 1. The van der Waals surface area contributed by atoms with Gasteiger partial charge in [-0.15, -0.1) is 0 Å². The Morgan fingerprint density at radius 1 is 1.04 bits per heavy atom. The molecule has 2 aromatic carbocycles. The number of aryl methyl sites for hydroxylation is 1. The predicted molar refractivity (Wildman–Crippen MR) is 117 cm³/mol. The summed E-state index contributed by atoms with van der Waals surface area (Å²) in [6.07, 6.45) is 12.1. The lowest BCUT2D eigenvalue weighted by molar-refractivity contribution is -0.110. The molecule has 2 aliphatic carbocycles. The molecule has 1 saturated carbocycles. The van der Waals surface area contributed by atoms with Crippen molar-refractivity contribution in [3.63, 3.8) is 0 Å². The van der Waals surface area contributed by atoms with E-state index in [9.17, 15) is 4.79 Å². The van der Waals surface area contributed by atoms with Crippen LogP contribution in [0.2, 0.25) is 0 Å². The number of rotatable bonds is 3. The van der Waals surface area contributed by atoms with Gasteiger partial charge in [0.2, 0.25) is 5.78 Å². The van der Waals surface area contributed by atoms with E-state index in [-0.39, 0.29) is 11.5 Å². The molecular formula is C26H25NO. The van der Waals surface area contributed by atoms with E-state index in [0.29, 0.717) is 12.3 Å². The highest BCUT2D eigenvalue weighted by Gasteiger charge is 2.30. The molecule has 0 heterocycles. The fourth-order valence-electron chi connectivity index (χ4n) is 4.05. The zero-order chi connectivity index (χ0) is 19.5. The minimum Gasteiger partial charge on any atom is -0.301 e. The minimum absolute atomic E-state index is 0.0552. The molecule has 0 saturated heterocycles. The molecule has 0 amide bonds. The van der Waals surface area contributed by atoms with Crippen molar-refractivity contribution >= 4 is 29.2 Å². The third-order valence-corrected chi connectivity index (χ3v) is 5.78. The van der Waals surface area contributed by atoms with Crippen molar-refractivity contribution in [2.24, 2.45) is 5.92 Å². The van der Waals surface area contributed by atoms with Crippen molar-refractivity contribution in [1.29, 1.82) is 5.41 Å². The van der Waals surface area contributed by atoms with E-state index in [2.05, 4.69) is 55.5 Å². The number of nitrogens with one attached hydrogen (secondary N) is 1. The Morgan fingerprint density at radius 2 is 1.86 bits per heavy atom. The van der Waals surface area contributed by atoms with Gasteiger partial charge in [-0.05, 0) is 78.5 Å². The number of hydrogen-bond acceptors (Lipinski definition) is 2. The van der Waals surface area contributed by atoms with Crippen LogP contribution < -0.4 is 0 Å². The van der Waals surface area contributed by atoms with Gasteiger partial charge in [0, 0.05) is 5.57 Å². The van der Waals surface area contributed by atoms with Crippen molar-refractivity contribution in [1.82, 2.24) is 0 Å². The highest BCUT2D eigenvalue weighted by molar-refractivity contribution is 6.45. The summed E-state index contributed by atoms with van der Waals surface area (Å²) in [6, 6.07) is 16.8. The second kappa shape index (κ2) is 7.93. The quantitative estimate of drug-likeness (QED) is 0.638. The fourth-order valence-corrected chi connectivity index (χ4v) is 4.05. The highest BCUT2D eigenvalue weighted by Crippen LogP contribution is 2.35. The molecule has 2 aliphatic rings. The van der Waals surface area contributed by atoms with Crippen molar-refractivity contribution in [3.8, 4) is 0 Å². The molecule has 2 nitrogen and oxygen atoms in total. The van der Waals surface area contributed by atoms with E-state index in [1.165, 1.54) is 16.7 Å². The van der Waals surface area contributed by atoms with Gasteiger partial charge in [-0.25, -0.2) is 0 Å². The number of carbonyl (C=O) groups excluding carboxylic acids is 1. The van der Waals surface area contributed by atoms with E-state index < -0.39 is 0 Å². The maximum Gasteiger partial charge on any atom is 0.202 e. The lowest BCUT2D eigenvalue weighted by Crippen LogP contribution is -2.27. The van der Waals surface area contributed by atoms with Gasteiger partial charge in [0.05, 0.1) is 5.71 Å². The number of allylic oxidation sites excluding steroid dienone is 4. The molecule has 0 bridgehead atoms. The third kappa shape index (κ3) is 3.82. The van der Waals surface area contributed by atoms with Crippen LogP contribution in [0.5, 0.6) is 0 Å². The Morgan fingerprint density at radius 3 is 2.68 bits per heavy atom. The zero-order valence-electron chi connectivity index (χ0n) is 16.2. The molecule has 1 fully saturated rings. The number of carbonyl (C=O) groups is 1. The summed E-state index contributed by atoms with van der Waals surface area (Å²) in [4.78, 5) is 12.5. The molecule has 1 N–H and O–H groups in total. The molecule has 0 radical (unpaired) electrons. The zero-order valence-corrected chi connectivity index (χ0v) is 16.2. The lowest BCUT2D eigenvalue weighted by Gasteiger charge is -2.23. The summed E-state index contributed by atoms with van der Waals surface area (Å²) >= 11 is 0. The summed E-state index contributed by atoms with van der Waals surface area (Å²) in [5, 5.41) is 7.94. The molecule has 1 atom stereocenters. The van der Waals surface area contributed by atoms with Gasteiger partial charge in [-0.1, -0.05) is 60.7 Å². The first kappa shape index (κ1) is 18.4. The van der Waals surface area contributed by atoms with Gasteiger partial charge in [-0.2, -0.15) is 0 Å². The van der Waals surface area contributed by atoms with Gasteiger partial charge in [0.15, 0.2) is 0 Å². The van der Waals surface area contributed by atoms with Crippen molar-refractivity contribution in [3.05, 3.63) is 88.5 Å². The first-order valence-corrected chi connectivity index (χ1v) is 10.00. The van der Waals surface area contributed by atoms with Crippen LogP contribution in [0.1, 0.15) is 47.9 Å². The van der Waals surface area contributed by atoms with Crippen LogP contribution in [-0.2, 0) is 4.79 Å². The van der Waals surface area contributed by atoms with Crippen molar-refractivity contribution < 1.29 is 4.79 Å². The molecule has 2 heteroatoms. The summed E-state index contributed by atoms with van der Waals surface area (Å²) in [5.41, 5.74) is 6.93. The van der Waals surface area contributed by atoms with Gasteiger partial charge >= 0.3 is 0 Å². The first-order chi connectivity index (χ1) is 13.6. The molecule has 140 valence electrons. The van der Waals surface area contributed by atoms with E-state index in [0.717, 1.165) is 36.0 Å². The van der Waals surface area contributed by atoms with E-state index >= 15 is 0 Å². The number of Topliss-reactive ketones (excluding diaryl/α,β-unsaturated/α-hetero) is 1. The Bertz CT molecular complexity index is 1010. The Kier molecular flexibility index (Phi) is 5.21. The topological polar surface area (TPSA) is 40.9 Å². The number of fused-ring (bicyclic) bond motifs is 1. The lowest BCUT2D eigenvalue weighted by atomic mass is 9.80. The molecule has 0 spiro atoms. The highest BCUT2D eigenvalue weighted by atomic mass is 16.1. The second-order valence-electron chi connectivity index (χ2n) is 7.70. The fraction of sp³-hybridized carbons (Fsp3) is 0.231. The van der Waals surface area contributed by atoms with Gasteiger partial charge in [0.25, 0.3) is 0 Å². The van der Waals surface area contributed by atoms with E-state index in [4.69, 9.17) is 5.41 Å². The Labute approximate surface area is 166 Å². The van der Waals surface area contributed by atoms with Crippen molar-refractivity contribution in [2.75, 3.05) is 0 Å². The van der Waals surface area contributed by atoms with Gasteiger partial charge < -0.3 is 5.41 Å². The van der Waals surface area contributed by atoms with Crippen molar-refractivity contribution in [2.45, 2.75) is 32.6 Å². The minimum atomic E-state index is -0.0552. The maximum atomic E-state index is 12.5. The van der Waals surface area contributed by atoms with Crippen LogP contribution in [0.3, 0.4) is 0 Å². The summed E-state index contributed by atoms with van der Waals surface area (Å²) in [7, 11) is 0. The summed E-state index contributed by atoms with van der Waals surface area (Å²) < 4.78 is 0. The SMILES string of the molecule is Cc1ccc(C2=CCCC3CCC(=N)C(=O)C3=C2)cc1/C=C/c1ccccc1. The number of hydrogen-bond donors (Lipinski definition) is 1. The Hall–Kier alpha value is -3.00. The van der Waals surface area contributed by atoms with E-state index in [1.807, 2.05) is 24.3 Å².